The zero-order valence-corrected chi connectivity index (χ0v) is 17.7. The number of carbonyl (C=O) groups excluding carboxylic acids is 1. The monoisotopic (exact) mass is 443 g/mol. The van der Waals surface area contributed by atoms with Crippen LogP contribution < -0.4 is 10.5 Å². The van der Waals surface area contributed by atoms with Crippen molar-refractivity contribution in [1.82, 2.24) is 29.9 Å². The summed E-state index contributed by atoms with van der Waals surface area (Å²) >= 11 is 0. The van der Waals surface area contributed by atoms with E-state index in [0.717, 1.165) is 17.1 Å². The molecule has 4 aromatic heterocycles. The van der Waals surface area contributed by atoms with Crippen molar-refractivity contribution in [2.75, 3.05) is 31.1 Å². The van der Waals surface area contributed by atoms with Crippen LogP contribution in [-0.2, 0) is 11.3 Å². The summed E-state index contributed by atoms with van der Waals surface area (Å²) in [4.78, 5) is 32.9. The minimum atomic E-state index is -0.332. The summed E-state index contributed by atoms with van der Waals surface area (Å²) < 4.78 is 6.50. The molecule has 5 rings (SSSR count). The Balaban J connectivity index is 1.20. The third kappa shape index (κ3) is 4.49. The van der Waals surface area contributed by atoms with Gasteiger partial charge in [-0.2, -0.15) is 5.10 Å². The van der Waals surface area contributed by atoms with Gasteiger partial charge in [0.1, 0.15) is 12.2 Å². The number of nitrogens with zero attached hydrogens (tertiary/aromatic N) is 7. The second kappa shape index (κ2) is 9.03. The van der Waals surface area contributed by atoms with Crippen LogP contribution in [0.5, 0.6) is 0 Å². The van der Waals surface area contributed by atoms with E-state index in [1.54, 1.807) is 35.5 Å². The minimum Gasteiger partial charge on any atom is -0.463 e. The highest BCUT2D eigenvalue weighted by Gasteiger charge is 2.23. The van der Waals surface area contributed by atoms with E-state index in [2.05, 4.69) is 25.2 Å². The van der Waals surface area contributed by atoms with Crippen LogP contribution in [0.4, 0.5) is 5.82 Å². The van der Waals surface area contributed by atoms with Crippen molar-refractivity contribution in [3.8, 4) is 22.7 Å². The van der Waals surface area contributed by atoms with Crippen molar-refractivity contribution < 1.29 is 9.21 Å². The van der Waals surface area contributed by atoms with E-state index in [9.17, 15) is 9.59 Å². The van der Waals surface area contributed by atoms with Crippen LogP contribution in [0.1, 0.15) is 0 Å². The molecule has 10 nitrogen and oxygen atoms in total. The number of hydrogen-bond acceptors (Lipinski definition) is 8. The van der Waals surface area contributed by atoms with Crippen molar-refractivity contribution in [2.45, 2.75) is 6.54 Å². The molecule has 0 bridgehead atoms. The Kier molecular flexibility index (Phi) is 5.62. The number of hydrogen-bond donors (Lipinski definition) is 0. The van der Waals surface area contributed by atoms with E-state index >= 15 is 0 Å². The minimum absolute atomic E-state index is 0.118. The summed E-state index contributed by atoms with van der Waals surface area (Å²) in [5.74, 6) is 1.15. The van der Waals surface area contributed by atoms with Crippen LogP contribution in [0.15, 0.2) is 76.4 Å². The Labute approximate surface area is 189 Å². The van der Waals surface area contributed by atoms with Crippen molar-refractivity contribution in [2.24, 2.45) is 0 Å². The van der Waals surface area contributed by atoms with Crippen LogP contribution >= 0.6 is 0 Å². The van der Waals surface area contributed by atoms with E-state index in [0.29, 0.717) is 37.6 Å². The molecule has 0 N–H and O–H groups in total. The van der Waals surface area contributed by atoms with Gasteiger partial charge in [-0.25, -0.2) is 4.68 Å². The normalized spacial score (nSPS) is 13.8. The number of amides is 1. The molecule has 1 aliphatic rings. The summed E-state index contributed by atoms with van der Waals surface area (Å²) in [5, 5.41) is 12.9. The molecule has 1 aliphatic heterocycles. The molecule has 5 heterocycles. The van der Waals surface area contributed by atoms with E-state index in [-0.39, 0.29) is 18.0 Å². The molecular weight excluding hydrogens is 422 g/mol. The fourth-order valence-corrected chi connectivity index (χ4v) is 3.69. The topological polar surface area (TPSA) is 110 Å². The van der Waals surface area contributed by atoms with Gasteiger partial charge >= 0.3 is 0 Å². The molecule has 0 unspecified atom stereocenters. The quantitative estimate of drug-likeness (QED) is 0.458. The molecule has 0 atom stereocenters. The maximum atomic E-state index is 12.8. The molecule has 0 saturated carbocycles. The van der Waals surface area contributed by atoms with Crippen molar-refractivity contribution >= 4 is 11.7 Å². The van der Waals surface area contributed by atoms with Gasteiger partial charge in [-0.3, -0.25) is 14.6 Å². The Bertz CT molecular complexity index is 1280. The SMILES string of the molecule is O=C(Cn1nc(-c2ccco2)ccc1=O)N1CCN(c2ccc(-c3cccnc3)nn2)CC1. The third-order valence-corrected chi connectivity index (χ3v) is 5.49. The smallest absolute Gasteiger partial charge is 0.267 e. The number of anilines is 1. The molecule has 1 saturated heterocycles. The Hall–Kier alpha value is -4.34. The lowest BCUT2D eigenvalue weighted by Gasteiger charge is -2.35. The van der Waals surface area contributed by atoms with Crippen molar-refractivity contribution in [3.63, 3.8) is 0 Å². The average Bonchev–Trinajstić information content (AvgIpc) is 3.41. The molecule has 10 heteroatoms. The zero-order valence-electron chi connectivity index (χ0n) is 17.7. The lowest BCUT2D eigenvalue weighted by Crippen LogP contribution is -2.50. The molecule has 33 heavy (non-hydrogen) atoms. The van der Waals surface area contributed by atoms with E-state index in [4.69, 9.17) is 4.42 Å². The van der Waals surface area contributed by atoms with Crippen LogP contribution in [-0.4, -0.2) is 61.9 Å². The largest absolute Gasteiger partial charge is 0.463 e. The van der Waals surface area contributed by atoms with Crippen molar-refractivity contribution in [1.29, 1.82) is 0 Å². The summed E-state index contributed by atoms with van der Waals surface area (Å²) in [6.45, 7) is 2.19. The van der Waals surface area contributed by atoms with Gasteiger partial charge in [0.05, 0.1) is 12.0 Å². The highest BCUT2D eigenvalue weighted by molar-refractivity contribution is 5.76. The Morgan fingerprint density at radius 3 is 2.48 bits per heavy atom. The number of pyridine rings is 1. The number of furan rings is 1. The maximum absolute atomic E-state index is 12.8. The number of aromatic nitrogens is 5. The van der Waals surface area contributed by atoms with Gasteiger partial charge in [-0.1, -0.05) is 0 Å². The highest BCUT2D eigenvalue weighted by atomic mass is 16.3. The van der Waals surface area contributed by atoms with Crippen molar-refractivity contribution in [3.05, 3.63) is 77.5 Å². The lowest BCUT2D eigenvalue weighted by molar-refractivity contribution is -0.132. The molecule has 1 amide bonds. The van der Waals surface area contributed by atoms with Crippen LogP contribution in [0.25, 0.3) is 22.7 Å². The van der Waals surface area contributed by atoms with Gasteiger partial charge in [-0.15, -0.1) is 10.2 Å². The number of rotatable bonds is 5. The molecular formula is C23H21N7O3. The van der Waals surface area contributed by atoms with Gasteiger partial charge in [0, 0.05) is 50.2 Å². The standard InChI is InChI=1S/C23H21N7O3/c31-22-8-6-19(20-4-2-14-33-20)27-30(22)16-23(32)29-12-10-28(11-13-29)21-7-5-18(25-26-21)17-3-1-9-24-15-17/h1-9,14-15H,10-13,16H2. The van der Waals surface area contributed by atoms with Crippen LogP contribution in [0, 0.1) is 0 Å². The highest BCUT2D eigenvalue weighted by Crippen LogP contribution is 2.19. The number of carbonyl (C=O) groups is 1. The van der Waals surface area contributed by atoms with E-state index in [1.165, 1.54) is 17.0 Å². The van der Waals surface area contributed by atoms with Gasteiger partial charge in [-0.05, 0) is 42.5 Å². The summed E-state index contributed by atoms with van der Waals surface area (Å²) in [7, 11) is 0. The number of piperazine rings is 1. The molecule has 1 fully saturated rings. The first-order chi connectivity index (χ1) is 16.2. The molecule has 0 aromatic carbocycles. The van der Waals surface area contributed by atoms with Gasteiger partial charge in [0.15, 0.2) is 11.6 Å². The summed E-state index contributed by atoms with van der Waals surface area (Å²) in [5.41, 5.74) is 1.84. The Morgan fingerprint density at radius 1 is 0.939 bits per heavy atom. The average molecular weight is 443 g/mol. The first-order valence-corrected chi connectivity index (χ1v) is 10.6. The van der Waals surface area contributed by atoms with Crippen LogP contribution in [0.3, 0.4) is 0 Å². The van der Waals surface area contributed by atoms with Gasteiger partial charge < -0.3 is 14.2 Å². The molecule has 0 spiro atoms. The van der Waals surface area contributed by atoms with E-state index in [1.807, 2.05) is 24.3 Å². The lowest BCUT2D eigenvalue weighted by atomic mass is 10.2. The second-order valence-corrected chi connectivity index (χ2v) is 7.58. The maximum Gasteiger partial charge on any atom is 0.267 e. The molecule has 166 valence electrons. The Morgan fingerprint density at radius 2 is 1.79 bits per heavy atom. The molecule has 4 aromatic rings. The first-order valence-electron chi connectivity index (χ1n) is 10.6. The fourth-order valence-electron chi connectivity index (χ4n) is 3.69. The molecule has 0 radical (unpaired) electrons. The van der Waals surface area contributed by atoms with Crippen LogP contribution in [0.2, 0.25) is 0 Å². The van der Waals surface area contributed by atoms with Gasteiger partial charge in [0.2, 0.25) is 5.91 Å². The summed E-state index contributed by atoms with van der Waals surface area (Å²) in [6.07, 6.45) is 5.00. The first kappa shape index (κ1) is 20.6. The summed E-state index contributed by atoms with van der Waals surface area (Å²) in [6, 6.07) is 14.1. The zero-order chi connectivity index (χ0) is 22.6. The third-order valence-electron chi connectivity index (χ3n) is 5.49. The predicted octanol–water partition coefficient (Wildman–Crippen LogP) is 1.70. The predicted molar refractivity (Wildman–Crippen MR) is 120 cm³/mol. The second-order valence-electron chi connectivity index (χ2n) is 7.58. The van der Waals surface area contributed by atoms with E-state index < -0.39 is 0 Å². The van der Waals surface area contributed by atoms with Gasteiger partial charge in [0.25, 0.3) is 5.56 Å². The fraction of sp³-hybridized carbons (Fsp3) is 0.217. The molecule has 0 aliphatic carbocycles.